The van der Waals surface area contributed by atoms with Crippen molar-refractivity contribution in [2.75, 3.05) is 26.2 Å². The molecule has 1 heterocycles. The fourth-order valence-corrected chi connectivity index (χ4v) is 1.84. The highest BCUT2D eigenvalue weighted by molar-refractivity contribution is 7.46. The molecule has 1 fully saturated rings. The number of hydrogen-bond donors (Lipinski definition) is 3. The molecule has 0 aliphatic carbocycles. The maximum absolute atomic E-state index is 11.6. The molecule has 9 nitrogen and oxygen atoms in total. The summed E-state index contributed by atoms with van der Waals surface area (Å²) in [6.45, 7) is 3.95. The van der Waals surface area contributed by atoms with Crippen LogP contribution in [0, 0.1) is 0 Å². The van der Waals surface area contributed by atoms with E-state index in [1.807, 2.05) is 0 Å². The SMILES string of the molecule is CC/C(=C/C(=O)ON1CCNCC1)C(=O)OP(=O)(O)O. The molecule has 0 aromatic rings. The zero-order chi connectivity index (χ0) is 15.2. The van der Waals surface area contributed by atoms with E-state index in [0.717, 1.165) is 6.08 Å². The molecule has 0 saturated carbocycles. The zero-order valence-electron chi connectivity index (χ0n) is 10.9. The summed E-state index contributed by atoms with van der Waals surface area (Å²) in [4.78, 5) is 45.0. The van der Waals surface area contributed by atoms with Crippen LogP contribution in [0.15, 0.2) is 11.6 Å². The van der Waals surface area contributed by atoms with Crippen LogP contribution in [0.1, 0.15) is 13.3 Å². The van der Waals surface area contributed by atoms with Gasteiger partial charge >= 0.3 is 19.8 Å². The number of rotatable bonds is 5. The highest BCUT2D eigenvalue weighted by atomic mass is 31.2. The summed E-state index contributed by atoms with van der Waals surface area (Å²) < 4.78 is 14.5. The Kier molecular flexibility index (Phi) is 6.31. The summed E-state index contributed by atoms with van der Waals surface area (Å²) in [5, 5.41) is 4.52. The molecule has 20 heavy (non-hydrogen) atoms. The van der Waals surface area contributed by atoms with Gasteiger partial charge in [0.25, 0.3) is 0 Å². The quantitative estimate of drug-likeness (QED) is 0.447. The minimum Gasteiger partial charge on any atom is -0.367 e. The number of hydroxylamine groups is 2. The second kappa shape index (κ2) is 7.51. The highest BCUT2D eigenvalue weighted by Gasteiger charge is 2.23. The van der Waals surface area contributed by atoms with E-state index in [0.29, 0.717) is 26.2 Å². The van der Waals surface area contributed by atoms with Crippen LogP contribution in [0.5, 0.6) is 0 Å². The van der Waals surface area contributed by atoms with Crippen LogP contribution in [0.3, 0.4) is 0 Å². The third-order valence-corrected chi connectivity index (χ3v) is 2.84. The minimum atomic E-state index is -4.93. The van der Waals surface area contributed by atoms with Crippen LogP contribution in [0.25, 0.3) is 0 Å². The van der Waals surface area contributed by atoms with E-state index in [1.165, 1.54) is 5.06 Å². The fraction of sp³-hybridized carbons (Fsp3) is 0.600. The highest BCUT2D eigenvalue weighted by Crippen LogP contribution is 2.37. The van der Waals surface area contributed by atoms with Crippen molar-refractivity contribution in [3.8, 4) is 0 Å². The van der Waals surface area contributed by atoms with Gasteiger partial charge in [-0.05, 0) is 6.42 Å². The maximum atomic E-state index is 11.6. The Bertz CT molecular complexity index is 439. The lowest BCUT2D eigenvalue weighted by molar-refractivity contribution is -0.186. The molecule has 3 N–H and O–H groups in total. The lowest BCUT2D eigenvalue weighted by Gasteiger charge is -2.25. The van der Waals surface area contributed by atoms with Gasteiger partial charge in [0.05, 0.1) is 0 Å². The van der Waals surface area contributed by atoms with Crippen LogP contribution in [0.2, 0.25) is 0 Å². The molecule has 0 radical (unpaired) electrons. The molecule has 10 heteroatoms. The number of phosphoric ester groups is 1. The van der Waals surface area contributed by atoms with Gasteiger partial charge in [-0.3, -0.25) is 9.79 Å². The molecule has 0 spiro atoms. The van der Waals surface area contributed by atoms with Crippen molar-refractivity contribution in [3.05, 3.63) is 11.6 Å². The first-order chi connectivity index (χ1) is 9.31. The summed E-state index contributed by atoms with van der Waals surface area (Å²) in [7, 11) is -4.93. The number of carbonyl (C=O) groups excluding carboxylic acids is 2. The largest absolute Gasteiger partial charge is 0.527 e. The van der Waals surface area contributed by atoms with E-state index in [-0.39, 0.29) is 12.0 Å². The van der Waals surface area contributed by atoms with E-state index in [9.17, 15) is 14.2 Å². The standard InChI is InChI=1S/C10H17N2O7P/c1-2-8(10(14)19-20(15,16)17)7-9(13)18-12-5-3-11-4-6-12/h7,11H,2-6H2,1H3,(H2,15,16,17)/b8-7-. The number of nitrogens with zero attached hydrogens (tertiary/aromatic N) is 1. The van der Waals surface area contributed by atoms with Crippen molar-refractivity contribution >= 4 is 19.8 Å². The van der Waals surface area contributed by atoms with Crippen LogP contribution >= 0.6 is 7.82 Å². The molecule has 0 amide bonds. The normalized spacial score (nSPS) is 17.6. The average molecular weight is 308 g/mol. The molecule has 1 rings (SSSR count). The van der Waals surface area contributed by atoms with Gasteiger partial charge in [-0.2, -0.15) is 0 Å². The van der Waals surface area contributed by atoms with Crippen LogP contribution in [0.4, 0.5) is 0 Å². The number of piperazine rings is 1. The Morgan fingerprint density at radius 1 is 1.35 bits per heavy atom. The van der Waals surface area contributed by atoms with Gasteiger partial charge in [-0.25, -0.2) is 14.2 Å². The molecular weight excluding hydrogens is 291 g/mol. The van der Waals surface area contributed by atoms with E-state index in [2.05, 4.69) is 9.84 Å². The van der Waals surface area contributed by atoms with Gasteiger partial charge in [-0.1, -0.05) is 6.92 Å². The summed E-state index contributed by atoms with van der Waals surface area (Å²) in [6.07, 6.45) is 0.954. The first-order valence-electron chi connectivity index (χ1n) is 5.99. The van der Waals surface area contributed by atoms with E-state index in [1.54, 1.807) is 6.92 Å². The Hall–Kier alpha value is -1.25. The lowest BCUT2D eigenvalue weighted by atomic mass is 10.2. The van der Waals surface area contributed by atoms with Crippen molar-refractivity contribution in [2.24, 2.45) is 0 Å². The van der Waals surface area contributed by atoms with Gasteiger partial charge < -0.3 is 14.7 Å². The second-order valence-electron chi connectivity index (χ2n) is 3.98. The molecular formula is C10H17N2O7P. The topological polar surface area (TPSA) is 125 Å². The first kappa shape index (κ1) is 16.8. The van der Waals surface area contributed by atoms with Crippen LogP contribution < -0.4 is 5.32 Å². The Morgan fingerprint density at radius 3 is 2.45 bits per heavy atom. The van der Waals surface area contributed by atoms with Gasteiger partial charge in [-0.15, -0.1) is 5.06 Å². The Labute approximate surface area is 115 Å². The molecule has 1 saturated heterocycles. The van der Waals surface area contributed by atoms with E-state index >= 15 is 0 Å². The average Bonchev–Trinajstić information content (AvgIpc) is 2.35. The number of phosphoric acid groups is 1. The third kappa shape index (κ3) is 6.27. The third-order valence-electron chi connectivity index (χ3n) is 2.43. The summed E-state index contributed by atoms with van der Waals surface area (Å²) >= 11 is 0. The van der Waals surface area contributed by atoms with Crippen molar-refractivity contribution < 1.29 is 33.3 Å². The molecule has 0 unspecified atom stereocenters. The van der Waals surface area contributed by atoms with Gasteiger partial charge in [0.1, 0.15) is 0 Å². The number of nitrogens with one attached hydrogen (secondary N) is 1. The predicted molar refractivity (Wildman–Crippen MR) is 67.0 cm³/mol. The number of hydrogen-bond acceptors (Lipinski definition) is 7. The van der Waals surface area contributed by atoms with Gasteiger partial charge in [0.15, 0.2) is 0 Å². The maximum Gasteiger partial charge on any atom is 0.527 e. The van der Waals surface area contributed by atoms with Crippen molar-refractivity contribution in [2.45, 2.75) is 13.3 Å². The van der Waals surface area contributed by atoms with Crippen LogP contribution in [-0.2, 0) is 23.5 Å². The second-order valence-corrected chi connectivity index (χ2v) is 5.15. The summed E-state index contributed by atoms with van der Waals surface area (Å²) in [6, 6.07) is 0. The van der Waals surface area contributed by atoms with Gasteiger partial charge in [0, 0.05) is 37.8 Å². The summed E-state index contributed by atoms with van der Waals surface area (Å²) in [5.74, 6) is -2.02. The van der Waals surface area contributed by atoms with Gasteiger partial charge in [0.2, 0.25) is 0 Å². The fourth-order valence-electron chi connectivity index (χ4n) is 1.50. The molecule has 0 bridgehead atoms. The molecule has 114 valence electrons. The van der Waals surface area contributed by atoms with E-state index < -0.39 is 19.8 Å². The first-order valence-corrected chi connectivity index (χ1v) is 7.52. The summed E-state index contributed by atoms with van der Waals surface area (Å²) in [5.41, 5.74) is -0.173. The van der Waals surface area contributed by atoms with Crippen molar-refractivity contribution in [3.63, 3.8) is 0 Å². The Balaban J connectivity index is 2.60. The molecule has 0 atom stereocenters. The number of carbonyl (C=O) groups is 2. The molecule has 1 aliphatic heterocycles. The molecule has 0 aromatic carbocycles. The zero-order valence-corrected chi connectivity index (χ0v) is 11.8. The van der Waals surface area contributed by atoms with E-state index in [4.69, 9.17) is 14.6 Å². The smallest absolute Gasteiger partial charge is 0.367 e. The molecule has 0 aromatic heterocycles. The monoisotopic (exact) mass is 308 g/mol. The van der Waals surface area contributed by atoms with Crippen molar-refractivity contribution in [1.29, 1.82) is 0 Å². The molecule has 1 aliphatic rings. The minimum absolute atomic E-state index is 0.0789. The predicted octanol–water partition coefficient (Wildman–Crippen LogP) is -0.678. The van der Waals surface area contributed by atoms with Crippen molar-refractivity contribution in [1.82, 2.24) is 10.4 Å². The lowest BCUT2D eigenvalue weighted by Crippen LogP contribution is -2.44. The van der Waals surface area contributed by atoms with Crippen LogP contribution in [-0.4, -0.2) is 53.0 Å². The Morgan fingerprint density at radius 2 is 1.95 bits per heavy atom.